The van der Waals surface area contributed by atoms with Crippen LogP contribution in [-0.4, -0.2) is 48.1 Å². The molecule has 37 heavy (non-hydrogen) atoms. The summed E-state index contributed by atoms with van der Waals surface area (Å²) in [5.41, 5.74) is 10.1. The zero-order valence-electron chi connectivity index (χ0n) is 21.1. The third-order valence-electron chi connectivity index (χ3n) is 6.25. The van der Waals surface area contributed by atoms with E-state index >= 15 is 0 Å². The van der Waals surface area contributed by atoms with Crippen molar-refractivity contribution < 1.29 is 8.42 Å². The van der Waals surface area contributed by atoms with Crippen LogP contribution in [0.3, 0.4) is 0 Å². The van der Waals surface area contributed by atoms with Gasteiger partial charge in [0, 0.05) is 58.6 Å². The van der Waals surface area contributed by atoms with E-state index in [1.54, 1.807) is 32.3 Å². The summed E-state index contributed by atoms with van der Waals surface area (Å²) in [6, 6.07) is 3.82. The first kappa shape index (κ1) is 24.6. The number of allylic oxidation sites excluding steroid dienone is 2. The van der Waals surface area contributed by atoms with Crippen LogP contribution in [0.5, 0.6) is 0 Å². The minimum absolute atomic E-state index is 0.172. The standard InChI is InChI=1S/C25H29N9O2S/c1-14(2)33-13-20(24(15(3)26)16(4)27)19-11-29-23(9-21(19)33)31-22-7-8-28-25(32-22)17-10-30-34(12-17)37(35,36)18-5-6-18/h7-14,18,26H,5-6,27H2,1-4H3,(H,28,29,31,32). The molecule has 11 nitrogen and oxygen atoms in total. The van der Waals surface area contributed by atoms with Gasteiger partial charge in [-0.15, -0.1) is 0 Å². The van der Waals surface area contributed by atoms with Gasteiger partial charge in [0.1, 0.15) is 11.6 Å². The van der Waals surface area contributed by atoms with E-state index in [-0.39, 0.29) is 11.3 Å². The molecule has 4 aromatic rings. The van der Waals surface area contributed by atoms with E-state index in [0.29, 0.717) is 52.8 Å². The van der Waals surface area contributed by atoms with Gasteiger partial charge in [0.15, 0.2) is 5.82 Å². The number of hydrogen-bond acceptors (Lipinski definition) is 9. The summed E-state index contributed by atoms with van der Waals surface area (Å²) in [4.78, 5) is 13.4. The highest BCUT2D eigenvalue weighted by molar-refractivity contribution is 7.90. The van der Waals surface area contributed by atoms with Crippen LogP contribution in [0.2, 0.25) is 0 Å². The lowest BCUT2D eigenvalue weighted by Gasteiger charge is -2.10. The highest BCUT2D eigenvalue weighted by atomic mass is 32.2. The first-order chi connectivity index (χ1) is 17.6. The number of rotatable bonds is 8. The lowest BCUT2D eigenvalue weighted by molar-refractivity contribution is 0.578. The van der Waals surface area contributed by atoms with Crippen molar-refractivity contribution in [2.45, 2.75) is 51.8 Å². The van der Waals surface area contributed by atoms with Crippen molar-refractivity contribution in [3.05, 3.63) is 54.4 Å². The van der Waals surface area contributed by atoms with Gasteiger partial charge in [0.25, 0.3) is 10.0 Å². The molecule has 4 aromatic heterocycles. The van der Waals surface area contributed by atoms with Gasteiger partial charge >= 0.3 is 0 Å². The molecule has 0 aliphatic heterocycles. The van der Waals surface area contributed by atoms with E-state index in [1.807, 2.05) is 12.3 Å². The first-order valence-electron chi connectivity index (χ1n) is 12.0. The Balaban J connectivity index is 1.48. The number of hydrogen-bond donors (Lipinski definition) is 3. The average Bonchev–Trinajstić information content (AvgIpc) is 3.47. The Morgan fingerprint density at radius 3 is 2.57 bits per heavy atom. The molecule has 5 rings (SSSR count). The molecule has 0 atom stereocenters. The minimum atomic E-state index is -3.46. The average molecular weight is 520 g/mol. The molecular weight excluding hydrogens is 490 g/mol. The van der Waals surface area contributed by atoms with E-state index in [2.05, 4.69) is 43.8 Å². The predicted octanol–water partition coefficient (Wildman–Crippen LogP) is 4.08. The van der Waals surface area contributed by atoms with E-state index in [4.69, 9.17) is 11.1 Å². The second kappa shape index (κ2) is 9.11. The van der Waals surface area contributed by atoms with Crippen molar-refractivity contribution in [3.63, 3.8) is 0 Å². The van der Waals surface area contributed by atoms with Gasteiger partial charge in [-0.1, -0.05) is 0 Å². The maximum absolute atomic E-state index is 12.5. The zero-order valence-corrected chi connectivity index (χ0v) is 21.9. The fraction of sp³-hybridized carbons (Fsp3) is 0.320. The van der Waals surface area contributed by atoms with Crippen molar-refractivity contribution in [2.75, 3.05) is 5.32 Å². The topological polar surface area (TPSA) is 157 Å². The Morgan fingerprint density at radius 1 is 1.16 bits per heavy atom. The number of aromatic nitrogens is 6. The molecule has 0 aromatic carbocycles. The quantitative estimate of drug-likeness (QED) is 0.294. The summed E-state index contributed by atoms with van der Waals surface area (Å²) >= 11 is 0. The molecular formula is C25H29N9O2S. The third-order valence-corrected chi connectivity index (χ3v) is 8.29. The Hall–Kier alpha value is -4.06. The van der Waals surface area contributed by atoms with Crippen LogP contribution in [0.1, 0.15) is 52.1 Å². The van der Waals surface area contributed by atoms with Crippen molar-refractivity contribution in [3.8, 4) is 11.4 Å². The number of fused-ring (bicyclic) bond motifs is 1. The summed E-state index contributed by atoms with van der Waals surface area (Å²) in [7, 11) is -3.46. The van der Waals surface area contributed by atoms with Gasteiger partial charge in [-0.05, 0) is 46.6 Å². The van der Waals surface area contributed by atoms with Crippen molar-refractivity contribution in [1.29, 1.82) is 5.41 Å². The number of anilines is 2. The molecule has 1 saturated carbocycles. The van der Waals surface area contributed by atoms with Crippen LogP contribution < -0.4 is 11.1 Å². The monoisotopic (exact) mass is 519 g/mol. The molecule has 4 heterocycles. The Kier molecular flexibility index (Phi) is 6.06. The highest BCUT2D eigenvalue weighted by Gasteiger charge is 2.37. The molecule has 4 N–H and O–H groups in total. The molecule has 1 aliphatic carbocycles. The Bertz CT molecular complexity index is 1660. The van der Waals surface area contributed by atoms with Gasteiger partial charge in [-0.25, -0.2) is 23.4 Å². The summed E-state index contributed by atoms with van der Waals surface area (Å²) < 4.78 is 28.1. The maximum atomic E-state index is 12.5. The summed E-state index contributed by atoms with van der Waals surface area (Å²) in [6.45, 7) is 7.71. The molecule has 1 aliphatic rings. The van der Waals surface area contributed by atoms with Crippen LogP contribution in [-0.2, 0) is 10.0 Å². The number of nitrogens with one attached hydrogen (secondary N) is 2. The van der Waals surface area contributed by atoms with Crippen LogP contribution in [0.4, 0.5) is 11.6 Å². The van der Waals surface area contributed by atoms with Crippen LogP contribution in [0.15, 0.2) is 48.8 Å². The highest BCUT2D eigenvalue weighted by Crippen LogP contribution is 2.33. The normalized spacial score (nSPS) is 14.7. The van der Waals surface area contributed by atoms with Crippen molar-refractivity contribution in [2.24, 2.45) is 5.73 Å². The molecule has 192 valence electrons. The molecule has 0 radical (unpaired) electrons. The second-order valence-corrected chi connectivity index (χ2v) is 11.6. The van der Waals surface area contributed by atoms with Crippen molar-refractivity contribution >= 4 is 43.8 Å². The van der Waals surface area contributed by atoms with Crippen molar-refractivity contribution in [1.82, 2.24) is 28.7 Å². The van der Waals surface area contributed by atoms with Gasteiger partial charge in [-0.3, -0.25) is 0 Å². The largest absolute Gasteiger partial charge is 0.402 e. The van der Waals surface area contributed by atoms with Crippen LogP contribution in [0, 0.1) is 5.41 Å². The third kappa shape index (κ3) is 4.59. The van der Waals surface area contributed by atoms with Gasteiger partial charge in [-0.2, -0.15) is 9.19 Å². The summed E-state index contributed by atoms with van der Waals surface area (Å²) in [5.74, 6) is 1.44. The Labute approximate surface area is 215 Å². The van der Waals surface area contributed by atoms with E-state index in [9.17, 15) is 8.42 Å². The van der Waals surface area contributed by atoms with Gasteiger partial charge in [0.2, 0.25) is 0 Å². The smallest absolute Gasteiger partial charge is 0.256 e. The number of nitrogens with two attached hydrogens (primary N) is 1. The Morgan fingerprint density at radius 2 is 1.92 bits per heavy atom. The number of nitrogens with zero attached hydrogens (tertiary/aromatic N) is 6. The van der Waals surface area contributed by atoms with E-state index < -0.39 is 10.0 Å². The number of pyridine rings is 1. The fourth-order valence-electron chi connectivity index (χ4n) is 4.33. The van der Waals surface area contributed by atoms with Gasteiger partial charge < -0.3 is 21.0 Å². The van der Waals surface area contributed by atoms with E-state index in [0.717, 1.165) is 20.6 Å². The molecule has 0 saturated heterocycles. The lowest BCUT2D eigenvalue weighted by Crippen LogP contribution is -2.17. The minimum Gasteiger partial charge on any atom is -0.402 e. The lowest BCUT2D eigenvalue weighted by atomic mass is 10.0. The maximum Gasteiger partial charge on any atom is 0.256 e. The molecule has 0 bridgehead atoms. The molecule has 0 unspecified atom stereocenters. The predicted molar refractivity (Wildman–Crippen MR) is 144 cm³/mol. The summed E-state index contributed by atoms with van der Waals surface area (Å²) in [6.07, 6.45) is 9.61. The fourth-order valence-corrected chi connectivity index (χ4v) is 5.80. The SMILES string of the molecule is CC(=N)C(=C(C)N)c1cn(C(C)C)c2cc(Nc3ccnc(-c4cnn(S(=O)(=O)C5CC5)c4)n3)ncc12. The van der Waals surface area contributed by atoms with E-state index in [1.165, 1.54) is 12.4 Å². The molecule has 12 heteroatoms. The molecule has 0 spiro atoms. The second-order valence-electron chi connectivity index (χ2n) is 9.55. The zero-order chi connectivity index (χ0) is 26.5. The first-order valence-corrected chi connectivity index (χ1v) is 13.5. The summed E-state index contributed by atoms with van der Waals surface area (Å²) in [5, 5.41) is 16.0. The van der Waals surface area contributed by atoms with Crippen LogP contribution >= 0.6 is 0 Å². The van der Waals surface area contributed by atoms with Gasteiger partial charge in [0.05, 0.1) is 28.7 Å². The van der Waals surface area contributed by atoms with Crippen LogP contribution in [0.25, 0.3) is 27.9 Å². The molecule has 0 amide bonds. The molecule has 1 fully saturated rings.